The van der Waals surface area contributed by atoms with Crippen LogP contribution in [0.2, 0.25) is 0 Å². The number of benzene rings is 1. The largest absolute Gasteiger partial charge is 0.398 e. The normalized spacial score (nSPS) is 10.2. The van der Waals surface area contributed by atoms with E-state index >= 15 is 0 Å². The third-order valence-electron chi connectivity index (χ3n) is 2.51. The minimum Gasteiger partial charge on any atom is -0.398 e. The number of nitrogens with one attached hydrogen (secondary N) is 1. The lowest BCUT2D eigenvalue weighted by atomic mass is 10.1. The number of rotatable bonds is 5. The summed E-state index contributed by atoms with van der Waals surface area (Å²) >= 11 is 1.58. The summed E-state index contributed by atoms with van der Waals surface area (Å²) in [4.78, 5) is 15.3. The fourth-order valence-corrected chi connectivity index (χ4v) is 2.17. The van der Waals surface area contributed by atoms with E-state index in [-0.39, 0.29) is 0 Å². The average molecular weight is 262 g/mol. The Kier molecular flexibility index (Phi) is 3.78. The summed E-state index contributed by atoms with van der Waals surface area (Å²) in [6.07, 6.45) is 0.833. The van der Waals surface area contributed by atoms with Crippen molar-refractivity contribution >= 4 is 28.6 Å². The van der Waals surface area contributed by atoms with Gasteiger partial charge in [0.2, 0.25) is 0 Å². The molecule has 94 valence electrons. The molecule has 0 bridgehead atoms. The summed E-state index contributed by atoms with van der Waals surface area (Å²) in [7, 11) is 0. The molecule has 0 radical (unpaired) electrons. The van der Waals surface area contributed by atoms with Crippen molar-refractivity contribution in [1.82, 2.24) is 4.98 Å². The standard InChI is InChI=1S/C12H14N4OS/c13-11-2-1-8(5-10(11)12(14)17)15-4-3-9-6-18-7-16-9/h1-2,5-7,15H,3-4,13H2,(H2,14,17). The first-order valence-electron chi connectivity index (χ1n) is 5.47. The quantitative estimate of drug-likeness (QED) is 0.711. The number of aromatic nitrogens is 1. The molecule has 0 atom stereocenters. The first-order valence-corrected chi connectivity index (χ1v) is 6.41. The lowest BCUT2D eigenvalue weighted by Gasteiger charge is -2.08. The number of nitrogens with two attached hydrogens (primary N) is 2. The van der Waals surface area contributed by atoms with Crippen LogP contribution in [0.5, 0.6) is 0 Å². The molecular weight excluding hydrogens is 248 g/mol. The van der Waals surface area contributed by atoms with E-state index in [2.05, 4.69) is 10.3 Å². The molecular formula is C12H14N4OS. The highest BCUT2D eigenvalue weighted by Gasteiger charge is 2.06. The maximum Gasteiger partial charge on any atom is 0.250 e. The van der Waals surface area contributed by atoms with E-state index < -0.39 is 5.91 Å². The van der Waals surface area contributed by atoms with Crippen molar-refractivity contribution in [2.45, 2.75) is 6.42 Å². The number of amides is 1. The summed E-state index contributed by atoms with van der Waals surface area (Å²) in [5.74, 6) is -0.518. The van der Waals surface area contributed by atoms with Crippen molar-refractivity contribution in [3.8, 4) is 0 Å². The van der Waals surface area contributed by atoms with Gasteiger partial charge in [-0.25, -0.2) is 4.98 Å². The van der Waals surface area contributed by atoms with Crippen LogP contribution >= 0.6 is 11.3 Å². The van der Waals surface area contributed by atoms with Gasteiger partial charge in [-0.3, -0.25) is 4.79 Å². The molecule has 1 heterocycles. The Morgan fingerprint density at radius 3 is 2.94 bits per heavy atom. The number of hydrogen-bond acceptors (Lipinski definition) is 5. The summed E-state index contributed by atoms with van der Waals surface area (Å²) in [5.41, 5.74) is 15.3. The minimum absolute atomic E-state index is 0.341. The highest BCUT2D eigenvalue weighted by molar-refractivity contribution is 7.07. The molecule has 1 aromatic heterocycles. The van der Waals surface area contributed by atoms with Crippen LogP contribution < -0.4 is 16.8 Å². The summed E-state index contributed by atoms with van der Waals surface area (Å²) < 4.78 is 0. The molecule has 0 fully saturated rings. The van der Waals surface area contributed by atoms with Crippen molar-refractivity contribution < 1.29 is 4.79 Å². The van der Waals surface area contributed by atoms with Gasteiger partial charge in [-0.05, 0) is 18.2 Å². The molecule has 6 heteroatoms. The molecule has 0 saturated heterocycles. The smallest absolute Gasteiger partial charge is 0.250 e. The van der Waals surface area contributed by atoms with E-state index in [4.69, 9.17) is 11.5 Å². The van der Waals surface area contributed by atoms with Crippen molar-refractivity contribution in [1.29, 1.82) is 0 Å². The van der Waals surface area contributed by atoms with Crippen molar-refractivity contribution in [3.63, 3.8) is 0 Å². The Labute approximate surface area is 109 Å². The second kappa shape index (κ2) is 5.50. The van der Waals surface area contributed by atoms with E-state index in [1.54, 1.807) is 23.5 Å². The summed E-state index contributed by atoms with van der Waals surface area (Å²) in [5, 5.41) is 5.22. The van der Waals surface area contributed by atoms with Gasteiger partial charge >= 0.3 is 0 Å². The van der Waals surface area contributed by atoms with Gasteiger partial charge in [0, 0.05) is 29.7 Å². The zero-order valence-corrected chi connectivity index (χ0v) is 10.5. The second-order valence-corrected chi connectivity index (χ2v) is 4.54. The van der Waals surface area contributed by atoms with Crippen LogP contribution in [0, 0.1) is 0 Å². The Bertz CT molecular complexity index is 539. The number of carbonyl (C=O) groups is 1. The third kappa shape index (κ3) is 2.98. The van der Waals surface area contributed by atoms with E-state index in [0.717, 1.165) is 24.3 Å². The van der Waals surface area contributed by atoms with Gasteiger partial charge < -0.3 is 16.8 Å². The van der Waals surface area contributed by atoms with Crippen molar-refractivity contribution in [2.75, 3.05) is 17.6 Å². The topological polar surface area (TPSA) is 94.0 Å². The van der Waals surface area contributed by atoms with Gasteiger partial charge in [0.15, 0.2) is 0 Å². The van der Waals surface area contributed by atoms with Crippen LogP contribution in [0.3, 0.4) is 0 Å². The first kappa shape index (κ1) is 12.4. The maximum absolute atomic E-state index is 11.1. The number of anilines is 2. The van der Waals surface area contributed by atoms with E-state index in [1.807, 2.05) is 17.0 Å². The van der Waals surface area contributed by atoms with Gasteiger partial charge in [-0.15, -0.1) is 11.3 Å². The maximum atomic E-state index is 11.1. The van der Waals surface area contributed by atoms with Crippen LogP contribution in [0.1, 0.15) is 16.1 Å². The minimum atomic E-state index is -0.518. The zero-order valence-electron chi connectivity index (χ0n) is 9.72. The summed E-state index contributed by atoms with van der Waals surface area (Å²) in [6.45, 7) is 0.742. The summed E-state index contributed by atoms with van der Waals surface area (Å²) in [6, 6.07) is 5.16. The number of carbonyl (C=O) groups excluding carboxylic acids is 1. The monoisotopic (exact) mass is 262 g/mol. The van der Waals surface area contributed by atoms with E-state index in [9.17, 15) is 4.79 Å². The Morgan fingerprint density at radius 2 is 2.28 bits per heavy atom. The lowest BCUT2D eigenvalue weighted by Crippen LogP contribution is -2.14. The molecule has 0 saturated carbocycles. The molecule has 0 aliphatic heterocycles. The molecule has 2 rings (SSSR count). The highest BCUT2D eigenvalue weighted by Crippen LogP contribution is 2.17. The van der Waals surface area contributed by atoms with Crippen LogP contribution in [-0.2, 0) is 6.42 Å². The van der Waals surface area contributed by atoms with Crippen LogP contribution in [0.15, 0.2) is 29.1 Å². The zero-order chi connectivity index (χ0) is 13.0. The van der Waals surface area contributed by atoms with Gasteiger partial charge in [-0.2, -0.15) is 0 Å². The molecule has 0 spiro atoms. The molecule has 5 N–H and O–H groups in total. The number of nitrogens with zero attached hydrogens (tertiary/aromatic N) is 1. The highest BCUT2D eigenvalue weighted by atomic mass is 32.1. The Balaban J connectivity index is 1.97. The fourth-order valence-electron chi connectivity index (χ4n) is 1.58. The fraction of sp³-hybridized carbons (Fsp3) is 0.167. The van der Waals surface area contributed by atoms with Gasteiger partial charge in [0.05, 0.1) is 16.8 Å². The second-order valence-electron chi connectivity index (χ2n) is 3.82. The molecule has 0 unspecified atom stereocenters. The molecule has 0 aliphatic carbocycles. The van der Waals surface area contributed by atoms with Crippen LogP contribution in [-0.4, -0.2) is 17.4 Å². The number of hydrogen-bond donors (Lipinski definition) is 3. The molecule has 1 amide bonds. The number of thiazole rings is 1. The molecule has 0 aliphatic rings. The third-order valence-corrected chi connectivity index (χ3v) is 3.15. The van der Waals surface area contributed by atoms with Gasteiger partial charge in [0.25, 0.3) is 5.91 Å². The van der Waals surface area contributed by atoms with E-state index in [1.165, 1.54) is 0 Å². The Hall–Kier alpha value is -2.08. The predicted octanol–water partition coefficient (Wildman–Crippen LogP) is 1.48. The van der Waals surface area contributed by atoms with Gasteiger partial charge in [0.1, 0.15) is 0 Å². The molecule has 18 heavy (non-hydrogen) atoms. The van der Waals surface area contributed by atoms with Crippen molar-refractivity contribution in [3.05, 3.63) is 40.3 Å². The SMILES string of the molecule is NC(=O)c1cc(NCCc2cscn2)ccc1N. The molecule has 1 aromatic carbocycles. The molecule has 5 nitrogen and oxygen atoms in total. The van der Waals surface area contributed by atoms with E-state index in [0.29, 0.717) is 11.3 Å². The lowest BCUT2D eigenvalue weighted by molar-refractivity contribution is 0.100. The van der Waals surface area contributed by atoms with Gasteiger partial charge in [-0.1, -0.05) is 0 Å². The first-order chi connectivity index (χ1) is 8.66. The predicted molar refractivity (Wildman–Crippen MR) is 73.7 cm³/mol. The van der Waals surface area contributed by atoms with Crippen LogP contribution in [0.4, 0.5) is 11.4 Å². The average Bonchev–Trinajstić information content (AvgIpc) is 2.84. The van der Waals surface area contributed by atoms with Crippen molar-refractivity contribution in [2.24, 2.45) is 5.73 Å². The number of primary amides is 1. The van der Waals surface area contributed by atoms with Crippen LogP contribution in [0.25, 0.3) is 0 Å². The number of nitrogen functional groups attached to an aromatic ring is 1. The molecule has 2 aromatic rings. The Morgan fingerprint density at radius 1 is 1.44 bits per heavy atom.